The number of benzene rings is 1. The lowest BCUT2D eigenvalue weighted by Gasteiger charge is -2.07. The number of hydroxylamine groups is 1. The first kappa shape index (κ1) is 21.0. The Morgan fingerprint density at radius 1 is 1.19 bits per heavy atom. The highest BCUT2D eigenvalue weighted by molar-refractivity contribution is 5.95. The molecular formula is C18H22FN3O4. The van der Waals surface area contributed by atoms with Crippen molar-refractivity contribution in [3.63, 3.8) is 0 Å². The van der Waals surface area contributed by atoms with Gasteiger partial charge in [-0.05, 0) is 36.9 Å². The summed E-state index contributed by atoms with van der Waals surface area (Å²) in [7, 11) is 0. The molecule has 1 aromatic heterocycles. The minimum Gasteiger partial charge on any atom is -0.505 e. The highest BCUT2D eigenvalue weighted by Crippen LogP contribution is 2.25. The standard InChI is InChI=1S/C14H11FN2O4.C4H11N/c1-8(18)21-17-14(20)13-12(19)6-10(7-16-13)9-3-2-4-11(15)5-9;1-3-5-4-2/h2-7,19H,1H3,(H,17,20);5H,3-4H2,1-2H3. The number of rotatable bonds is 4. The van der Waals surface area contributed by atoms with Crippen LogP contribution in [0.15, 0.2) is 36.5 Å². The minimum absolute atomic E-state index is 0.309. The summed E-state index contributed by atoms with van der Waals surface area (Å²) >= 11 is 0. The number of hydrogen-bond acceptors (Lipinski definition) is 6. The predicted octanol–water partition coefficient (Wildman–Crippen LogP) is 2.42. The highest BCUT2D eigenvalue weighted by atomic mass is 19.1. The van der Waals surface area contributed by atoms with Crippen LogP contribution in [0.1, 0.15) is 31.3 Å². The molecule has 0 unspecified atom stereocenters. The summed E-state index contributed by atoms with van der Waals surface area (Å²) in [6.45, 7) is 7.50. The number of hydrogen-bond donors (Lipinski definition) is 3. The second-order valence-electron chi connectivity index (χ2n) is 5.08. The molecule has 0 fully saturated rings. The van der Waals surface area contributed by atoms with E-state index < -0.39 is 23.4 Å². The monoisotopic (exact) mass is 363 g/mol. The van der Waals surface area contributed by atoms with Gasteiger partial charge in [-0.15, -0.1) is 0 Å². The maximum absolute atomic E-state index is 13.1. The van der Waals surface area contributed by atoms with Gasteiger partial charge in [-0.25, -0.2) is 9.37 Å². The molecule has 1 amide bonds. The number of halogens is 1. The van der Waals surface area contributed by atoms with Crippen molar-refractivity contribution in [2.45, 2.75) is 20.8 Å². The van der Waals surface area contributed by atoms with Crippen LogP contribution in [0.3, 0.4) is 0 Å². The maximum atomic E-state index is 13.1. The average molecular weight is 363 g/mol. The SMILES string of the molecule is CC(=O)ONC(=O)c1ncc(-c2cccc(F)c2)cc1O.CCNCC. The Labute approximate surface area is 151 Å². The molecule has 26 heavy (non-hydrogen) atoms. The van der Waals surface area contributed by atoms with E-state index in [2.05, 4.69) is 29.0 Å². The third kappa shape index (κ3) is 6.86. The van der Waals surface area contributed by atoms with Crippen molar-refractivity contribution in [2.75, 3.05) is 13.1 Å². The average Bonchev–Trinajstić information content (AvgIpc) is 2.61. The maximum Gasteiger partial charge on any atom is 0.329 e. The lowest BCUT2D eigenvalue weighted by molar-refractivity contribution is -0.146. The fourth-order valence-electron chi connectivity index (χ4n) is 1.87. The van der Waals surface area contributed by atoms with Gasteiger partial charge < -0.3 is 15.3 Å². The summed E-state index contributed by atoms with van der Waals surface area (Å²) < 4.78 is 13.1. The van der Waals surface area contributed by atoms with Crippen molar-refractivity contribution in [3.05, 3.63) is 48.0 Å². The normalized spacial score (nSPS) is 9.69. The molecule has 140 valence electrons. The smallest absolute Gasteiger partial charge is 0.329 e. The minimum atomic E-state index is -0.867. The third-order valence-corrected chi connectivity index (χ3v) is 3.03. The predicted molar refractivity (Wildman–Crippen MR) is 94.7 cm³/mol. The lowest BCUT2D eigenvalue weighted by atomic mass is 10.1. The van der Waals surface area contributed by atoms with Gasteiger partial charge in [-0.2, -0.15) is 5.48 Å². The first-order valence-electron chi connectivity index (χ1n) is 8.02. The van der Waals surface area contributed by atoms with Gasteiger partial charge in [-0.3, -0.25) is 9.59 Å². The molecule has 0 bridgehead atoms. The number of carbonyl (C=O) groups excluding carboxylic acids is 2. The Bertz CT molecular complexity index is 751. The van der Waals surface area contributed by atoms with Crippen LogP contribution in [0, 0.1) is 5.82 Å². The molecule has 1 heterocycles. The van der Waals surface area contributed by atoms with Gasteiger partial charge in [0, 0.05) is 18.7 Å². The van der Waals surface area contributed by atoms with E-state index in [0.29, 0.717) is 11.1 Å². The van der Waals surface area contributed by atoms with Gasteiger partial charge in [0.15, 0.2) is 5.69 Å². The van der Waals surface area contributed by atoms with Crippen LogP contribution in [-0.4, -0.2) is 35.1 Å². The van der Waals surface area contributed by atoms with Crippen molar-refractivity contribution >= 4 is 11.9 Å². The molecule has 2 rings (SSSR count). The quantitative estimate of drug-likeness (QED) is 0.722. The van der Waals surface area contributed by atoms with Crippen molar-refractivity contribution in [1.29, 1.82) is 0 Å². The molecule has 0 aliphatic rings. The third-order valence-electron chi connectivity index (χ3n) is 3.03. The number of nitrogens with zero attached hydrogens (tertiary/aromatic N) is 1. The van der Waals surface area contributed by atoms with E-state index in [-0.39, 0.29) is 5.69 Å². The van der Waals surface area contributed by atoms with Gasteiger partial charge >= 0.3 is 11.9 Å². The molecule has 3 N–H and O–H groups in total. The first-order chi connectivity index (χ1) is 12.4. The van der Waals surface area contributed by atoms with E-state index in [1.54, 1.807) is 6.07 Å². The fraction of sp³-hybridized carbons (Fsp3) is 0.278. The molecule has 0 spiro atoms. The van der Waals surface area contributed by atoms with Crippen LogP contribution in [0.4, 0.5) is 4.39 Å². The van der Waals surface area contributed by atoms with Crippen LogP contribution in [0.2, 0.25) is 0 Å². The number of pyridine rings is 1. The van der Waals surface area contributed by atoms with E-state index in [4.69, 9.17) is 0 Å². The van der Waals surface area contributed by atoms with E-state index >= 15 is 0 Å². The summed E-state index contributed by atoms with van der Waals surface area (Å²) in [6.07, 6.45) is 1.30. The van der Waals surface area contributed by atoms with Crippen molar-refractivity contribution < 1.29 is 23.9 Å². The van der Waals surface area contributed by atoms with E-state index in [1.165, 1.54) is 30.5 Å². The largest absolute Gasteiger partial charge is 0.505 e. The van der Waals surface area contributed by atoms with Gasteiger partial charge in [0.25, 0.3) is 0 Å². The second-order valence-corrected chi connectivity index (χ2v) is 5.08. The first-order valence-corrected chi connectivity index (χ1v) is 8.02. The Kier molecular flexibility index (Phi) is 8.72. The zero-order valence-electron chi connectivity index (χ0n) is 14.9. The summed E-state index contributed by atoms with van der Waals surface area (Å²) in [5, 5.41) is 12.9. The molecule has 8 heteroatoms. The zero-order valence-corrected chi connectivity index (χ0v) is 14.9. The molecule has 0 aliphatic carbocycles. The van der Waals surface area contributed by atoms with Crippen LogP contribution in [0.5, 0.6) is 5.75 Å². The lowest BCUT2D eigenvalue weighted by Crippen LogP contribution is -2.26. The van der Waals surface area contributed by atoms with Gasteiger partial charge in [-0.1, -0.05) is 26.0 Å². The molecule has 0 atom stereocenters. The van der Waals surface area contributed by atoms with Crippen LogP contribution in [0.25, 0.3) is 11.1 Å². The summed E-state index contributed by atoms with van der Waals surface area (Å²) in [4.78, 5) is 30.3. The van der Waals surface area contributed by atoms with E-state index in [0.717, 1.165) is 20.0 Å². The van der Waals surface area contributed by atoms with Gasteiger partial charge in [0.05, 0.1) is 0 Å². The number of aromatic hydroxyl groups is 1. The van der Waals surface area contributed by atoms with Crippen molar-refractivity contribution in [1.82, 2.24) is 15.8 Å². The molecule has 0 saturated carbocycles. The number of nitrogens with one attached hydrogen (secondary N) is 2. The molecule has 0 radical (unpaired) electrons. The Morgan fingerprint density at radius 3 is 2.38 bits per heavy atom. The van der Waals surface area contributed by atoms with E-state index in [9.17, 15) is 19.1 Å². The highest BCUT2D eigenvalue weighted by Gasteiger charge is 2.15. The number of amides is 1. The molecule has 0 saturated heterocycles. The van der Waals surface area contributed by atoms with Crippen molar-refractivity contribution in [3.8, 4) is 16.9 Å². The Hall–Kier alpha value is -3.00. The fourth-order valence-corrected chi connectivity index (χ4v) is 1.87. The number of carbonyl (C=O) groups is 2. The molecule has 0 aliphatic heterocycles. The number of aromatic nitrogens is 1. The molecule has 2 aromatic rings. The summed E-state index contributed by atoms with van der Waals surface area (Å²) in [5.74, 6) is -2.42. The van der Waals surface area contributed by atoms with Crippen LogP contribution >= 0.6 is 0 Å². The summed E-state index contributed by atoms with van der Waals surface area (Å²) in [5.41, 5.74) is 2.47. The topological polar surface area (TPSA) is 101 Å². The van der Waals surface area contributed by atoms with E-state index in [1.807, 2.05) is 5.48 Å². The van der Waals surface area contributed by atoms with Crippen LogP contribution < -0.4 is 10.8 Å². The van der Waals surface area contributed by atoms with Crippen molar-refractivity contribution in [2.24, 2.45) is 0 Å². The molecular weight excluding hydrogens is 341 g/mol. The second kappa shape index (κ2) is 10.8. The molecule has 7 nitrogen and oxygen atoms in total. The molecule has 1 aromatic carbocycles. The summed E-state index contributed by atoms with van der Waals surface area (Å²) in [6, 6.07) is 6.98. The van der Waals surface area contributed by atoms with Crippen LogP contribution in [-0.2, 0) is 9.63 Å². The van der Waals surface area contributed by atoms with Gasteiger partial charge in [0.1, 0.15) is 11.6 Å². The Morgan fingerprint density at radius 2 is 1.88 bits per heavy atom. The van der Waals surface area contributed by atoms with Gasteiger partial charge in [0.2, 0.25) is 0 Å². The Balaban J connectivity index is 0.000000597. The zero-order chi connectivity index (χ0) is 19.5.